The second kappa shape index (κ2) is 7.29. The van der Waals surface area contributed by atoms with Crippen molar-refractivity contribution >= 4 is 17.2 Å². The Bertz CT molecular complexity index is 1100. The van der Waals surface area contributed by atoms with Gasteiger partial charge >= 0.3 is 0 Å². The van der Waals surface area contributed by atoms with E-state index in [0.717, 1.165) is 11.1 Å². The van der Waals surface area contributed by atoms with Gasteiger partial charge < -0.3 is 10.1 Å². The Morgan fingerprint density at radius 3 is 2.81 bits per heavy atom. The third-order valence-corrected chi connectivity index (χ3v) is 4.30. The molecule has 0 aliphatic rings. The minimum atomic E-state index is -0.268. The van der Waals surface area contributed by atoms with E-state index in [9.17, 15) is 4.79 Å². The number of nitrogens with zero attached hydrogens (tertiary/aromatic N) is 3. The van der Waals surface area contributed by atoms with E-state index in [-0.39, 0.29) is 5.91 Å². The molecule has 0 bridgehead atoms. The van der Waals surface area contributed by atoms with Crippen LogP contribution in [-0.2, 0) is 6.61 Å². The van der Waals surface area contributed by atoms with Gasteiger partial charge in [-0.2, -0.15) is 5.10 Å². The van der Waals surface area contributed by atoms with Crippen molar-refractivity contribution < 1.29 is 9.53 Å². The molecule has 0 fully saturated rings. The van der Waals surface area contributed by atoms with E-state index in [1.165, 1.54) is 0 Å². The number of benzene rings is 2. The maximum Gasteiger partial charge on any atom is 0.259 e. The Labute approximate surface area is 156 Å². The highest BCUT2D eigenvalue weighted by Gasteiger charge is 2.15. The van der Waals surface area contributed by atoms with Crippen LogP contribution in [0, 0.1) is 6.92 Å². The van der Waals surface area contributed by atoms with Gasteiger partial charge in [0.1, 0.15) is 18.0 Å². The van der Waals surface area contributed by atoms with Crippen LogP contribution in [0.25, 0.3) is 5.65 Å². The first kappa shape index (κ1) is 16.8. The van der Waals surface area contributed by atoms with Crippen LogP contribution in [0.2, 0.25) is 0 Å². The summed E-state index contributed by atoms with van der Waals surface area (Å²) in [6.07, 6.45) is 5.01. The predicted molar refractivity (Wildman–Crippen MR) is 103 cm³/mol. The molecule has 0 aliphatic carbocycles. The number of anilines is 1. The lowest BCUT2D eigenvalue weighted by Gasteiger charge is -2.12. The molecule has 0 unspecified atom stereocenters. The van der Waals surface area contributed by atoms with Crippen molar-refractivity contribution in [1.29, 1.82) is 0 Å². The molecule has 134 valence electrons. The van der Waals surface area contributed by atoms with Crippen molar-refractivity contribution in [2.24, 2.45) is 0 Å². The molecule has 0 saturated heterocycles. The average molecular weight is 358 g/mol. The summed E-state index contributed by atoms with van der Waals surface area (Å²) in [7, 11) is 0. The largest absolute Gasteiger partial charge is 0.488 e. The Morgan fingerprint density at radius 1 is 1.11 bits per heavy atom. The molecule has 1 N–H and O–H groups in total. The minimum Gasteiger partial charge on any atom is -0.488 e. The molecule has 0 atom stereocenters. The van der Waals surface area contributed by atoms with E-state index >= 15 is 0 Å². The fraction of sp³-hybridized carbons (Fsp3) is 0.0952. The fourth-order valence-corrected chi connectivity index (χ4v) is 2.81. The van der Waals surface area contributed by atoms with Gasteiger partial charge in [0.2, 0.25) is 0 Å². The lowest BCUT2D eigenvalue weighted by Crippen LogP contribution is -2.14. The van der Waals surface area contributed by atoms with Crippen molar-refractivity contribution in [2.45, 2.75) is 13.5 Å². The van der Waals surface area contributed by atoms with E-state index in [1.807, 2.05) is 43.3 Å². The van der Waals surface area contributed by atoms with Crippen molar-refractivity contribution in [3.8, 4) is 5.75 Å². The number of carbonyl (C=O) groups excluding carboxylic acids is 1. The molecular weight excluding hydrogens is 340 g/mol. The monoisotopic (exact) mass is 358 g/mol. The summed E-state index contributed by atoms with van der Waals surface area (Å²) in [5.74, 6) is 0.263. The van der Waals surface area contributed by atoms with Gasteiger partial charge in [0.15, 0.2) is 5.65 Å². The van der Waals surface area contributed by atoms with E-state index in [2.05, 4.69) is 15.4 Å². The first-order valence-corrected chi connectivity index (χ1v) is 8.58. The zero-order valence-corrected chi connectivity index (χ0v) is 14.8. The Hall–Kier alpha value is -3.67. The van der Waals surface area contributed by atoms with E-state index in [1.54, 1.807) is 41.3 Å². The molecule has 4 rings (SSSR count). The topological polar surface area (TPSA) is 68.5 Å². The Morgan fingerprint density at radius 2 is 1.93 bits per heavy atom. The Balaban J connectivity index is 1.55. The van der Waals surface area contributed by atoms with Crippen molar-refractivity contribution in [2.75, 3.05) is 5.32 Å². The molecule has 2 aromatic heterocycles. The van der Waals surface area contributed by atoms with Crippen molar-refractivity contribution in [3.63, 3.8) is 0 Å². The molecule has 0 radical (unpaired) electrons. The van der Waals surface area contributed by atoms with Crippen LogP contribution in [0.4, 0.5) is 5.69 Å². The quantitative estimate of drug-likeness (QED) is 0.588. The number of fused-ring (bicyclic) bond motifs is 1. The maximum atomic E-state index is 12.8. The van der Waals surface area contributed by atoms with Crippen LogP contribution in [0.1, 0.15) is 21.5 Å². The normalized spacial score (nSPS) is 10.7. The Kier molecular flexibility index (Phi) is 4.53. The van der Waals surface area contributed by atoms with Crippen LogP contribution in [0.5, 0.6) is 5.75 Å². The predicted octanol–water partition coefficient (Wildman–Crippen LogP) is 3.87. The zero-order chi connectivity index (χ0) is 18.6. The molecule has 2 aromatic carbocycles. The molecule has 0 aliphatic heterocycles. The molecule has 6 nitrogen and oxygen atoms in total. The van der Waals surface area contributed by atoms with E-state index < -0.39 is 0 Å². The molecule has 0 spiro atoms. The summed E-state index contributed by atoms with van der Waals surface area (Å²) < 4.78 is 7.54. The standard InChI is InChI=1S/C21H18N4O2/c1-15-7-2-3-8-16(15)14-27-19-10-5-4-9-17(19)21(26)24-18-13-23-25-12-6-11-22-20(18)25/h2-13H,14H2,1H3,(H,24,26). The number of carbonyl (C=O) groups is 1. The molecule has 4 aromatic rings. The van der Waals surface area contributed by atoms with Gasteiger partial charge in [0, 0.05) is 12.4 Å². The maximum absolute atomic E-state index is 12.8. The average Bonchev–Trinajstić information content (AvgIpc) is 3.10. The van der Waals surface area contributed by atoms with Crippen molar-refractivity contribution in [1.82, 2.24) is 14.6 Å². The third kappa shape index (κ3) is 3.50. The number of para-hydroxylation sites is 1. The highest BCUT2D eigenvalue weighted by molar-refractivity contribution is 6.07. The summed E-state index contributed by atoms with van der Waals surface area (Å²) in [5, 5.41) is 7.05. The SMILES string of the molecule is Cc1ccccc1COc1ccccc1C(=O)Nc1cnn2cccnc12. The number of aromatic nitrogens is 3. The van der Waals surface area contributed by atoms with E-state index in [4.69, 9.17) is 4.74 Å². The second-order valence-electron chi connectivity index (χ2n) is 6.11. The molecule has 27 heavy (non-hydrogen) atoms. The molecular formula is C21H18N4O2. The zero-order valence-electron chi connectivity index (χ0n) is 14.8. The van der Waals surface area contributed by atoms with Gasteiger partial charge in [0.05, 0.1) is 11.8 Å². The summed E-state index contributed by atoms with van der Waals surface area (Å²) in [4.78, 5) is 17.0. The van der Waals surface area contributed by atoms with E-state index in [0.29, 0.717) is 29.3 Å². The summed E-state index contributed by atoms with van der Waals surface area (Å²) in [5.41, 5.74) is 3.83. The van der Waals surface area contributed by atoms with Gasteiger partial charge in [0.25, 0.3) is 5.91 Å². The third-order valence-electron chi connectivity index (χ3n) is 4.30. The highest BCUT2D eigenvalue weighted by atomic mass is 16.5. The molecule has 6 heteroatoms. The molecule has 1 amide bonds. The van der Waals surface area contributed by atoms with Crippen LogP contribution in [0.15, 0.2) is 73.2 Å². The number of hydrogen-bond acceptors (Lipinski definition) is 4. The first-order chi connectivity index (χ1) is 13.2. The van der Waals surface area contributed by atoms with Gasteiger partial charge in [-0.25, -0.2) is 9.50 Å². The summed E-state index contributed by atoms with van der Waals surface area (Å²) in [6.45, 7) is 2.44. The van der Waals surface area contributed by atoms with Crippen LogP contribution in [-0.4, -0.2) is 20.5 Å². The van der Waals surface area contributed by atoms with Crippen molar-refractivity contribution in [3.05, 3.63) is 89.9 Å². The smallest absolute Gasteiger partial charge is 0.259 e. The molecule has 0 saturated carbocycles. The first-order valence-electron chi connectivity index (χ1n) is 8.58. The molecule has 2 heterocycles. The number of ether oxygens (including phenoxy) is 1. The number of aryl methyl sites for hydroxylation is 1. The fourth-order valence-electron chi connectivity index (χ4n) is 2.81. The van der Waals surface area contributed by atoms with Gasteiger partial charge in [-0.15, -0.1) is 0 Å². The van der Waals surface area contributed by atoms with Gasteiger partial charge in [-0.1, -0.05) is 36.4 Å². The lowest BCUT2D eigenvalue weighted by molar-refractivity contribution is 0.102. The summed E-state index contributed by atoms with van der Waals surface area (Å²) in [6, 6.07) is 17.0. The number of nitrogens with one attached hydrogen (secondary N) is 1. The summed E-state index contributed by atoms with van der Waals surface area (Å²) >= 11 is 0. The highest BCUT2D eigenvalue weighted by Crippen LogP contribution is 2.22. The minimum absolute atomic E-state index is 0.268. The lowest BCUT2D eigenvalue weighted by atomic mass is 10.1. The van der Waals surface area contributed by atoms with Crippen LogP contribution in [0.3, 0.4) is 0 Å². The number of rotatable bonds is 5. The van der Waals surface area contributed by atoms with Crippen LogP contribution >= 0.6 is 0 Å². The van der Waals surface area contributed by atoms with Crippen LogP contribution < -0.4 is 10.1 Å². The number of hydrogen-bond donors (Lipinski definition) is 1. The van der Waals surface area contributed by atoms with Gasteiger partial charge in [-0.05, 0) is 36.2 Å². The van der Waals surface area contributed by atoms with Gasteiger partial charge in [-0.3, -0.25) is 4.79 Å². The second-order valence-corrected chi connectivity index (χ2v) is 6.11. The number of amides is 1.